The number of esters is 1. The third-order valence-corrected chi connectivity index (χ3v) is 4.99. The quantitative estimate of drug-likeness (QED) is 0.275. The van der Waals surface area contributed by atoms with Crippen LogP contribution < -0.4 is 0 Å². The van der Waals surface area contributed by atoms with Gasteiger partial charge in [0, 0.05) is 0 Å². The minimum Gasteiger partial charge on any atom is -0.478 e. The van der Waals surface area contributed by atoms with Crippen LogP contribution in [0.25, 0.3) is 0 Å². The van der Waals surface area contributed by atoms with Crippen LogP contribution in [-0.4, -0.2) is 23.1 Å². The van der Waals surface area contributed by atoms with Gasteiger partial charge in [0.2, 0.25) is 0 Å². The number of carboxylic acids is 1. The fourth-order valence-electron chi connectivity index (χ4n) is 3.27. The highest BCUT2D eigenvalue weighted by Gasteiger charge is 2.20. The van der Waals surface area contributed by atoms with Gasteiger partial charge in [-0.25, -0.2) is 9.59 Å². The van der Waals surface area contributed by atoms with Crippen LogP contribution in [0.3, 0.4) is 0 Å². The molecule has 0 fully saturated rings. The lowest BCUT2D eigenvalue weighted by atomic mass is 10.0. The number of rotatable bonds is 15. The highest BCUT2D eigenvalue weighted by Crippen LogP contribution is 2.17. The molecule has 1 aromatic carbocycles. The number of hydrogen-bond donors (Lipinski definition) is 1. The number of hydrogen-bond acceptors (Lipinski definition) is 3. The van der Waals surface area contributed by atoms with Crippen LogP contribution in [0.2, 0.25) is 0 Å². The van der Waals surface area contributed by atoms with Crippen LogP contribution in [0.5, 0.6) is 0 Å². The lowest BCUT2D eigenvalue weighted by Gasteiger charge is -2.17. The molecule has 1 aromatic rings. The van der Waals surface area contributed by atoms with Gasteiger partial charge in [-0.3, -0.25) is 0 Å². The summed E-state index contributed by atoms with van der Waals surface area (Å²) in [6.07, 6.45) is 14.2. The van der Waals surface area contributed by atoms with E-state index >= 15 is 0 Å². The lowest BCUT2D eigenvalue weighted by molar-refractivity contribution is 0.0262. The van der Waals surface area contributed by atoms with Gasteiger partial charge in [0.1, 0.15) is 6.10 Å². The van der Waals surface area contributed by atoms with Crippen LogP contribution >= 0.6 is 0 Å². The van der Waals surface area contributed by atoms with Crippen molar-refractivity contribution < 1.29 is 19.4 Å². The third-order valence-electron chi connectivity index (χ3n) is 4.99. The number of unbranched alkanes of at least 4 members (excludes halogenated alkanes) is 9. The molecule has 0 bridgehead atoms. The first-order valence-corrected chi connectivity index (χ1v) is 10.6. The first-order valence-electron chi connectivity index (χ1n) is 10.6. The van der Waals surface area contributed by atoms with Gasteiger partial charge in [-0.05, 0) is 31.4 Å². The van der Waals surface area contributed by atoms with Crippen LogP contribution in [-0.2, 0) is 4.74 Å². The summed E-state index contributed by atoms with van der Waals surface area (Å²) >= 11 is 0. The fraction of sp³-hybridized carbons (Fsp3) is 0.652. The standard InChI is InChI=1S/C23H36O4/c1-3-5-6-7-8-9-10-11-12-13-16-19(4-2)27-23(26)21-18-15-14-17-20(21)22(24)25/h14-15,17-19H,3-13,16H2,1-2H3,(H,24,25)/t19-/m0/s1. The number of carboxylic acid groups (broad SMARTS) is 1. The van der Waals surface area contributed by atoms with E-state index in [4.69, 9.17) is 4.74 Å². The van der Waals surface area contributed by atoms with Gasteiger partial charge < -0.3 is 9.84 Å². The summed E-state index contributed by atoms with van der Waals surface area (Å²) in [4.78, 5) is 23.6. The topological polar surface area (TPSA) is 63.6 Å². The Morgan fingerprint density at radius 3 is 1.89 bits per heavy atom. The van der Waals surface area contributed by atoms with E-state index in [0.29, 0.717) is 0 Å². The van der Waals surface area contributed by atoms with Crippen LogP contribution in [0.1, 0.15) is 112 Å². The Balaban J connectivity index is 2.25. The zero-order valence-corrected chi connectivity index (χ0v) is 17.0. The maximum absolute atomic E-state index is 12.3. The van der Waals surface area contributed by atoms with E-state index in [0.717, 1.165) is 25.7 Å². The summed E-state index contributed by atoms with van der Waals surface area (Å²) in [6.45, 7) is 4.24. The SMILES string of the molecule is CCCCCCCCCCCC[C@H](CC)OC(=O)c1ccccc1C(=O)O. The van der Waals surface area contributed by atoms with Crippen molar-refractivity contribution in [1.29, 1.82) is 0 Å². The maximum atomic E-state index is 12.3. The molecule has 0 aliphatic heterocycles. The van der Waals surface area contributed by atoms with E-state index in [1.165, 1.54) is 63.5 Å². The second kappa shape index (κ2) is 14.2. The Morgan fingerprint density at radius 1 is 0.852 bits per heavy atom. The molecule has 1 atom stereocenters. The zero-order chi connectivity index (χ0) is 19.9. The van der Waals surface area contributed by atoms with Crippen molar-refractivity contribution in [2.24, 2.45) is 0 Å². The molecule has 0 saturated heterocycles. The van der Waals surface area contributed by atoms with Gasteiger partial charge in [-0.1, -0.05) is 83.8 Å². The van der Waals surface area contributed by atoms with E-state index in [1.807, 2.05) is 6.92 Å². The Labute approximate surface area is 164 Å². The first-order chi connectivity index (χ1) is 13.1. The molecule has 1 N–H and O–H groups in total. The van der Waals surface area contributed by atoms with Gasteiger partial charge >= 0.3 is 11.9 Å². The summed E-state index contributed by atoms with van der Waals surface area (Å²) in [5, 5.41) is 9.20. The van der Waals surface area contributed by atoms with Crippen molar-refractivity contribution in [1.82, 2.24) is 0 Å². The number of ether oxygens (including phenoxy) is 1. The molecular weight excluding hydrogens is 340 g/mol. The van der Waals surface area contributed by atoms with Crippen molar-refractivity contribution in [3.8, 4) is 0 Å². The van der Waals surface area contributed by atoms with Crippen molar-refractivity contribution >= 4 is 11.9 Å². The Morgan fingerprint density at radius 2 is 1.37 bits per heavy atom. The highest BCUT2D eigenvalue weighted by molar-refractivity contribution is 6.02. The van der Waals surface area contributed by atoms with Gasteiger partial charge in [0.05, 0.1) is 11.1 Å². The Hall–Kier alpha value is -1.84. The van der Waals surface area contributed by atoms with Gasteiger partial charge in [0.25, 0.3) is 0 Å². The molecule has 1 rings (SSSR count). The summed E-state index contributed by atoms with van der Waals surface area (Å²) in [6, 6.07) is 6.22. The number of benzene rings is 1. The second-order valence-corrected chi connectivity index (χ2v) is 7.26. The number of aromatic carboxylic acids is 1. The summed E-state index contributed by atoms with van der Waals surface area (Å²) in [5.74, 6) is -1.64. The fourth-order valence-corrected chi connectivity index (χ4v) is 3.27. The Kier molecular flexibility index (Phi) is 12.2. The molecule has 0 aromatic heterocycles. The average Bonchev–Trinajstić information content (AvgIpc) is 2.68. The molecule has 152 valence electrons. The normalized spacial score (nSPS) is 11.9. The molecule has 0 radical (unpaired) electrons. The average molecular weight is 377 g/mol. The largest absolute Gasteiger partial charge is 0.478 e. The van der Waals surface area contributed by atoms with Gasteiger partial charge in [0.15, 0.2) is 0 Å². The summed E-state index contributed by atoms with van der Waals surface area (Å²) < 4.78 is 5.56. The van der Waals surface area contributed by atoms with E-state index in [-0.39, 0.29) is 17.2 Å². The van der Waals surface area contributed by atoms with Gasteiger partial charge in [-0.15, -0.1) is 0 Å². The molecule has 0 aliphatic carbocycles. The van der Waals surface area contributed by atoms with E-state index in [1.54, 1.807) is 12.1 Å². The maximum Gasteiger partial charge on any atom is 0.339 e. The van der Waals surface area contributed by atoms with Crippen molar-refractivity contribution in [3.63, 3.8) is 0 Å². The minimum absolute atomic E-state index is 0.00344. The van der Waals surface area contributed by atoms with E-state index in [9.17, 15) is 14.7 Å². The number of carbonyl (C=O) groups is 2. The predicted molar refractivity (Wildman–Crippen MR) is 109 cm³/mol. The summed E-state index contributed by atoms with van der Waals surface area (Å²) in [7, 11) is 0. The Bertz CT molecular complexity index is 553. The summed E-state index contributed by atoms with van der Waals surface area (Å²) in [5.41, 5.74) is 0.128. The van der Waals surface area contributed by atoms with Crippen LogP contribution in [0.15, 0.2) is 24.3 Å². The molecule has 4 heteroatoms. The molecule has 27 heavy (non-hydrogen) atoms. The predicted octanol–water partition coefficient (Wildman–Crippen LogP) is 6.63. The van der Waals surface area contributed by atoms with E-state index in [2.05, 4.69) is 6.92 Å². The zero-order valence-electron chi connectivity index (χ0n) is 17.0. The van der Waals surface area contributed by atoms with Gasteiger partial charge in [-0.2, -0.15) is 0 Å². The van der Waals surface area contributed by atoms with E-state index < -0.39 is 11.9 Å². The lowest BCUT2D eigenvalue weighted by Crippen LogP contribution is -2.19. The minimum atomic E-state index is -1.11. The monoisotopic (exact) mass is 376 g/mol. The third kappa shape index (κ3) is 9.60. The van der Waals surface area contributed by atoms with Crippen molar-refractivity contribution in [2.75, 3.05) is 0 Å². The molecule has 0 saturated carbocycles. The highest BCUT2D eigenvalue weighted by atomic mass is 16.5. The molecule has 4 nitrogen and oxygen atoms in total. The first kappa shape index (κ1) is 23.2. The van der Waals surface area contributed by atoms with Crippen molar-refractivity contribution in [3.05, 3.63) is 35.4 Å². The number of carbonyl (C=O) groups excluding carboxylic acids is 1. The smallest absolute Gasteiger partial charge is 0.339 e. The van der Waals surface area contributed by atoms with Crippen LogP contribution in [0, 0.1) is 0 Å². The van der Waals surface area contributed by atoms with Crippen LogP contribution in [0.4, 0.5) is 0 Å². The van der Waals surface area contributed by atoms with Crippen molar-refractivity contribution in [2.45, 2.75) is 97.0 Å². The molecule has 0 spiro atoms. The second-order valence-electron chi connectivity index (χ2n) is 7.26. The molecule has 0 aliphatic rings. The molecular formula is C23H36O4. The molecule has 0 heterocycles. The molecule has 0 unspecified atom stereocenters. The molecule has 0 amide bonds.